The molecule has 0 unspecified atom stereocenters. The smallest absolute Gasteiger partial charge is 0.124 e. The van der Waals surface area contributed by atoms with Crippen molar-refractivity contribution in [3.05, 3.63) is 40.8 Å². The molecule has 0 spiro atoms. The summed E-state index contributed by atoms with van der Waals surface area (Å²) >= 11 is 0. The molecule has 2 aromatic rings. The van der Waals surface area contributed by atoms with Crippen molar-refractivity contribution in [2.24, 2.45) is 7.05 Å². The Bertz CT molecular complexity index is 684. The number of fused-ring (bicyclic) bond motifs is 4. The van der Waals surface area contributed by atoms with Crippen molar-refractivity contribution in [3.8, 4) is 11.3 Å². The van der Waals surface area contributed by atoms with Crippen LogP contribution < -0.4 is 5.32 Å². The molecule has 1 saturated heterocycles. The van der Waals surface area contributed by atoms with E-state index in [1.165, 1.54) is 24.1 Å². The summed E-state index contributed by atoms with van der Waals surface area (Å²) in [6.45, 7) is 1.94. The van der Waals surface area contributed by atoms with Gasteiger partial charge in [0.2, 0.25) is 0 Å². The van der Waals surface area contributed by atoms with Crippen LogP contribution in [-0.2, 0) is 13.5 Å². The lowest BCUT2D eigenvalue weighted by Crippen LogP contribution is -2.42. The topological polar surface area (TPSA) is 29.9 Å². The van der Waals surface area contributed by atoms with Crippen LogP contribution in [0.25, 0.3) is 11.3 Å². The van der Waals surface area contributed by atoms with E-state index < -0.39 is 0 Å². The molecule has 2 bridgehead atoms. The van der Waals surface area contributed by atoms with Crippen molar-refractivity contribution in [1.29, 1.82) is 0 Å². The van der Waals surface area contributed by atoms with Crippen LogP contribution in [-0.4, -0.2) is 15.8 Å². The number of halogens is 1. The first-order valence-electron chi connectivity index (χ1n) is 7.71. The normalized spacial score (nSPS) is 24.0. The molecule has 0 amide bonds. The predicted molar refractivity (Wildman–Crippen MR) is 80.6 cm³/mol. The highest BCUT2D eigenvalue weighted by atomic mass is 19.1. The Morgan fingerprint density at radius 3 is 2.95 bits per heavy atom. The first kappa shape index (κ1) is 13.0. The third-order valence-corrected chi connectivity index (χ3v) is 4.75. The van der Waals surface area contributed by atoms with Crippen molar-refractivity contribution >= 4 is 0 Å². The molecule has 4 rings (SSSR count). The van der Waals surface area contributed by atoms with Gasteiger partial charge in [-0.3, -0.25) is 4.68 Å². The highest BCUT2D eigenvalue weighted by molar-refractivity contribution is 5.66. The molecule has 4 heteroatoms. The van der Waals surface area contributed by atoms with Crippen molar-refractivity contribution in [2.75, 3.05) is 0 Å². The van der Waals surface area contributed by atoms with Gasteiger partial charge in [0.25, 0.3) is 0 Å². The van der Waals surface area contributed by atoms with E-state index in [1.54, 1.807) is 12.1 Å². The van der Waals surface area contributed by atoms with Gasteiger partial charge in [0.1, 0.15) is 5.82 Å². The lowest BCUT2D eigenvalue weighted by Gasteiger charge is -2.35. The fraction of sp³-hybridized carbons (Fsp3) is 0.471. The number of nitrogens with zero attached hydrogens (tertiary/aromatic N) is 2. The molecule has 3 heterocycles. The van der Waals surface area contributed by atoms with Crippen LogP contribution in [0.1, 0.15) is 42.1 Å². The highest BCUT2D eigenvalue weighted by Gasteiger charge is 2.34. The highest BCUT2D eigenvalue weighted by Crippen LogP contribution is 2.38. The van der Waals surface area contributed by atoms with Crippen LogP contribution in [0.4, 0.5) is 4.39 Å². The van der Waals surface area contributed by atoms with Gasteiger partial charge in [-0.25, -0.2) is 4.39 Å². The molecule has 2 aliphatic rings. The molecule has 1 aromatic carbocycles. The number of piperidine rings is 1. The van der Waals surface area contributed by atoms with Gasteiger partial charge in [-0.15, -0.1) is 0 Å². The lowest BCUT2D eigenvalue weighted by molar-refractivity contribution is 0.297. The van der Waals surface area contributed by atoms with Gasteiger partial charge in [-0.2, -0.15) is 5.10 Å². The molecule has 1 aromatic heterocycles. The van der Waals surface area contributed by atoms with Crippen LogP contribution in [0, 0.1) is 12.7 Å². The molecule has 0 radical (unpaired) electrons. The average molecular weight is 285 g/mol. The van der Waals surface area contributed by atoms with Crippen LogP contribution in [0.2, 0.25) is 0 Å². The van der Waals surface area contributed by atoms with Crippen LogP contribution >= 0.6 is 0 Å². The fourth-order valence-electron chi connectivity index (χ4n) is 3.95. The summed E-state index contributed by atoms with van der Waals surface area (Å²) in [4.78, 5) is 0. The van der Waals surface area contributed by atoms with E-state index in [-0.39, 0.29) is 5.82 Å². The number of aromatic nitrogens is 2. The van der Waals surface area contributed by atoms with Gasteiger partial charge in [-0.05, 0) is 56.4 Å². The van der Waals surface area contributed by atoms with E-state index in [1.807, 2.05) is 18.7 Å². The minimum atomic E-state index is -0.172. The van der Waals surface area contributed by atoms with Gasteiger partial charge < -0.3 is 5.32 Å². The van der Waals surface area contributed by atoms with E-state index in [0.717, 1.165) is 29.7 Å². The van der Waals surface area contributed by atoms with E-state index in [9.17, 15) is 4.39 Å². The first-order valence-corrected chi connectivity index (χ1v) is 7.71. The second-order valence-electron chi connectivity index (χ2n) is 6.40. The van der Waals surface area contributed by atoms with Gasteiger partial charge in [0.05, 0.1) is 17.4 Å². The van der Waals surface area contributed by atoms with E-state index in [2.05, 4.69) is 11.4 Å². The standard InChI is InChI=1S/C17H20FN3/c1-10-6-11(8-12(18)7-10)17-14-9-13-4-3-5-15(19-13)16(14)20-21(17)2/h6-8,13,15,19H,3-5,9H2,1-2H3/t13-,15+/m0/s1. The third kappa shape index (κ3) is 2.09. The van der Waals surface area contributed by atoms with E-state index in [4.69, 9.17) is 5.10 Å². The minimum Gasteiger partial charge on any atom is -0.305 e. The summed E-state index contributed by atoms with van der Waals surface area (Å²) in [5.74, 6) is -0.172. The fourth-order valence-corrected chi connectivity index (χ4v) is 3.95. The summed E-state index contributed by atoms with van der Waals surface area (Å²) in [6, 6.07) is 6.18. The van der Waals surface area contributed by atoms with Gasteiger partial charge >= 0.3 is 0 Å². The number of benzene rings is 1. The second-order valence-corrected chi connectivity index (χ2v) is 6.40. The van der Waals surface area contributed by atoms with Crippen LogP contribution in [0.15, 0.2) is 18.2 Å². The number of hydrogen-bond donors (Lipinski definition) is 1. The maximum Gasteiger partial charge on any atom is 0.124 e. The van der Waals surface area contributed by atoms with E-state index >= 15 is 0 Å². The number of aryl methyl sites for hydroxylation is 2. The largest absolute Gasteiger partial charge is 0.305 e. The monoisotopic (exact) mass is 285 g/mol. The maximum absolute atomic E-state index is 13.8. The summed E-state index contributed by atoms with van der Waals surface area (Å²) < 4.78 is 15.7. The molecule has 0 aliphatic carbocycles. The molecule has 110 valence electrons. The van der Waals surface area contributed by atoms with Crippen LogP contribution in [0.5, 0.6) is 0 Å². The second kappa shape index (κ2) is 4.67. The van der Waals surface area contributed by atoms with E-state index in [0.29, 0.717) is 12.1 Å². The molecule has 1 fully saturated rings. The molecule has 21 heavy (non-hydrogen) atoms. The Hall–Kier alpha value is -1.68. The summed E-state index contributed by atoms with van der Waals surface area (Å²) in [7, 11) is 1.97. The predicted octanol–water partition coefficient (Wildman–Crippen LogP) is 3.27. The van der Waals surface area contributed by atoms with Crippen molar-refractivity contribution in [2.45, 2.75) is 44.7 Å². The molecule has 2 atom stereocenters. The summed E-state index contributed by atoms with van der Waals surface area (Å²) in [6.07, 6.45) is 4.66. The van der Waals surface area contributed by atoms with Crippen molar-refractivity contribution < 1.29 is 4.39 Å². The Morgan fingerprint density at radius 2 is 2.14 bits per heavy atom. The molecule has 3 nitrogen and oxygen atoms in total. The molecular weight excluding hydrogens is 265 g/mol. The Labute approximate surface area is 124 Å². The van der Waals surface area contributed by atoms with Crippen molar-refractivity contribution in [1.82, 2.24) is 15.1 Å². The first-order chi connectivity index (χ1) is 10.1. The molecule has 2 aliphatic heterocycles. The zero-order valence-electron chi connectivity index (χ0n) is 12.5. The third-order valence-electron chi connectivity index (χ3n) is 4.75. The van der Waals surface area contributed by atoms with Gasteiger partial charge in [0, 0.05) is 24.2 Å². The maximum atomic E-state index is 13.8. The Balaban J connectivity index is 1.88. The lowest BCUT2D eigenvalue weighted by atomic mass is 9.84. The number of rotatable bonds is 1. The quantitative estimate of drug-likeness (QED) is 0.871. The van der Waals surface area contributed by atoms with Crippen molar-refractivity contribution in [3.63, 3.8) is 0 Å². The Morgan fingerprint density at radius 1 is 1.29 bits per heavy atom. The molecular formula is C17H20FN3. The summed E-state index contributed by atoms with van der Waals surface area (Å²) in [5.41, 5.74) is 5.48. The Kier molecular flexibility index (Phi) is 2.89. The minimum absolute atomic E-state index is 0.172. The zero-order chi connectivity index (χ0) is 14.6. The number of nitrogens with one attached hydrogen (secondary N) is 1. The zero-order valence-corrected chi connectivity index (χ0v) is 12.5. The SMILES string of the molecule is Cc1cc(F)cc(-c2c3c(nn2C)[C@H]2CCC[C@@H](C3)N2)c1. The molecule has 0 saturated carbocycles. The summed E-state index contributed by atoms with van der Waals surface area (Å²) in [5, 5.41) is 8.41. The average Bonchev–Trinajstić information content (AvgIpc) is 2.74. The van der Waals surface area contributed by atoms with Crippen LogP contribution in [0.3, 0.4) is 0 Å². The molecule has 1 N–H and O–H groups in total. The number of hydrogen-bond acceptors (Lipinski definition) is 2. The van der Waals surface area contributed by atoms with Gasteiger partial charge in [0.15, 0.2) is 0 Å². The van der Waals surface area contributed by atoms with Gasteiger partial charge in [-0.1, -0.05) is 0 Å².